The van der Waals surface area contributed by atoms with Crippen molar-refractivity contribution in [1.82, 2.24) is 10.2 Å². The number of rotatable bonds is 12. The summed E-state index contributed by atoms with van der Waals surface area (Å²) in [5.41, 5.74) is 10.8. The standard InChI is InChI=1S/C17H26N4O8/c1-8(19)15(26)20-10(7-13(23)24)14(25)9-6-12(22)21(16(9)27)11(17(28)29)4-2-3-5-18/h8-11H,2-7,18-19H2,1H3,(H,20,26)(H,23,24)(H,28,29)/t8-,9+,10-,11-/m0/s1. The molecule has 0 radical (unpaired) electrons. The van der Waals surface area contributed by atoms with Crippen LogP contribution in [0.25, 0.3) is 0 Å². The summed E-state index contributed by atoms with van der Waals surface area (Å²) in [6, 6.07) is -4.06. The Morgan fingerprint density at radius 3 is 2.31 bits per heavy atom. The summed E-state index contributed by atoms with van der Waals surface area (Å²) < 4.78 is 0. The van der Waals surface area contributed by atoms with Crippen LogP contribution in [0.1, 0.15) is 39.0 Å². The summed E-state index contributed by atoms with van der Waals surface area (Å²) in [5, 5.41) is 20.5. The number of unbranched alkanes of at least 4 members (excludes halogenated alkanes) is 1. The lowest BCUT2D eigenvalue weighted by atomic mass is 9.94. The van der Waals surface area contributed by atoms with Crippen LogP contribution in [0.15, 0.2) is 0 Å². The van der Waals surface area contributed by atoms with Crippen LogP contribution in [-0.2, 0) is 28.8 Å². The van der Waals surface area contributed by atoms with Crippen molar-refractivity contribution >= 4 is 35.4 Å². The molecule has 4 atom stereocenters. The van der Waals surface area contributed by atoms with Gasteiger partial charge in [0.25, 0.3) is 0 Å². The molecule has 3 amide bonds. The minimum Gasteiger partial charge on any atom is -0.481 e. The van der Waals surface area contributed by atoms with E-state index in [9.17, 15) is 33.9 Å². The minimum absolute atomic E-state index is 0.0229. The number of Topliss-reactive ketones (excluding diaryl/α,β-unsaturated/α-hetero) is 1. The molecule has 7 N–H and O–H groups in total. The maximum atomic E-state index is 12.7. The van der Waals surface area contributed by atoms with E-state index in [-0.39, 0.29) is 6.42 Å². The van der Waals surface area contributed by atoms with Gasteiger partial charge in [-0.15, -0.1) is 0 Å². The first-order chi connectivity index (χ1) is 13.5. The van der Waals surface area contributed by atoms with Crippen LogP contribution in [-0.4, -0.2) is 75.2 Å². The van der Waals surface area contributed by atoms with Crippen molar-refractivity contribution in [1.29, 1.82) is 0 Å². The van der Waals surface area contributed by atoms with Gasteiger partial charge in [0.1, 0.15) is 12.0 Å². The molecular weight excluding hydrogens is 388 g/mol. The van der Waals surface area contributed by atoms with E-state index in [1.807, 2.05) is 0 Å². The number of likely N-dealkylation sites (tertiary alicyclic amines) is 1. The number of hydrogen-bond acceptors (Lipinski definition) is 8. The SMILES string of the molecule is C[C@H](N)C(=O)N[C@@H](CC(=O)O)C(=O)[C@H]1CC(=O)N([C@@H](CCCCN)C(=O)O)C1=O. The Morgan fingerprint density at radius 2 is 1.83 bits per heavy atom. The summed E-state index contributed by atoms with van der Waals surface area (Å²) in [5.74, 6) is -8.03. The number of aliphatic carboxylic acids is 2. The molecule has 0 bridgehead atoms. The van der Waals surface area contributed by atoms with Gasteiger partial charge in [0, 0.05) is 6.42 Å². The number of carboxylic acid groups (broad SMARTS) is 2. The second-order valence-corrected chi connectivity index (χ2v) is 6.85. The zero-order chi connectivity index (χ0) is 22.3. The second kappa shape index (κ2) is 10.6. The number of nitrogens with two attached hydrogens (primary N) is 2. The average Bonchev–Trinajstić information content (AvgIpc) is 2.91. The first-order valence-corrected chi connectivity index (χ1v) is 9.11. The van der Waals surface area contributed by atoms with Gasteiger partial charge >= 0.3 is 11.9 Å². The van der Waals surface area contributed by atoms with E-state index in [4.69, 9.17) is 16.6 Å². The number of carbonyl (C=O) groups excluding carboxylic acids is 4. The second-order valence-electron chi connectivity index (χ2n) is 6.85. The Bertz CT molecular complexity index is 693. The van der Waals surface area contributed by atoms with Gasteiger partial charge in [-0.25, -0.2) is 4.79 Å². The van der Waals surface area contributed by atoms with Gasteiger partial charge in [0.05, 0.1) is 18.5 Å². The fourth-order valence-corrected chi connectivity index (χ4v) is 2.99. The molecule has 1 fully saturated rings. The zero-order valence-corrected chi connectivity index (χ0v) is 16.0. The lowest BCUT2D eigenvalue weighted by molar-refractivity contribution is -0.155. The Morgan fingerprint density at radius 1 is 1.21 bits per heavy atom. The Labute approximate surface area is 166 Å². The van der Waals surface area contributed by atoms with Gasteiger partial charge in [0.15, 0.2) is 5.78 Å². The molecule has 0 aromatic heterocycles. The molecule has 1 saturated heterocycles. The van der Waals surface area contributed by atoms with Crippen molar-refractivity contribution in [2.45, 2.75) is 57.2 Å². The molecule has 0 saturated carbocycles. The van der Waals surface area contributed by atoms with E-state index < -0.39 is 72.3 Å². The first kappa shape index (κ1) is 24.2. The Hall–Kier alpha value is -2.86. The van der Waals surface area contributed by atoms with Crippen molar-refractivity contribution in [3.05, 3.63) is 0 Å². The molecule has 0 aromatic rings. The number of imide groups is 1. The number of nitrogens with zero attached hydrogens (tertiary/aromatic N) is 1. The number of hydrogen-bond donors (Lipinski definition) is 5. The van der Waals surface area contributed by atoms with E-state index >= 15 is 0 Å². The topological polar surface area (TPSA) is 210 Å². The predicted octanol–water partition coefficient (Wildman–Crippen LogP) is -2.18. The number of nitrogens with one attached hydrogen (secondary N) is 1. The molecular formula is C17H26N4O8. The molecule has 29 heavy (non-hydrogen) atoms. The fraction of sp³-hybridized carbons (Fsp3) is 0.647. The summed E-state index contributed by atoms with van der Waals surface area (Å²) >= 11 is 0. The van der Waals surface area contributed by atoms with Crippen molar-refractivity contribution in [2.24, 2.45) is 17.4 Å². The summed E-state index contributed by atoms with van der Waals surface area (Å²) in [6.45, 7) is 1.63. The van der Waals surface area contributed by atoms with E-state index in [0.29, 0.717) is 24.3 Å². The largest absolute Gasteiger partial charge is 0.481 e. The number of carbonyl (C=O) groups is 6. The van der Waals surface area contributed by atoms with Gasteiger partial charge in [-0.05, 0) is 32.7 Å². The van der Waals surface area contributed by atoms with Crippen LogP contribution in [0.3, 0.4) is 0 Å². The smallest absolute Gasteiger partial charge is 0.326 e. The number of amides is 3. The highest BCUT2D eigenvalue weighted by Crippen LogP contribution is 2.26. The van der Waals surface area contributed by atoms with Crippen molar-refractivity contribution in [3.8, 4) is 0 Å². The molecule has 12 heteroatoms. The van der Waals surface area contributed by atoms with Gasteiger partial charge in [-0.3, -0.25) is 28.9 Å². The highest BCUT2D eigenvalue weighted by atomic mass is 16.4. The van der Waals surface area contributed by atoms with E-state index in [1.54, 1.807) is 0 Å². The van der Waals surface area contributed by atoms with Gasteiger partial charge in [-0.1, -0.05) is 0 Å². The molecule has 0 aliphatic carbocycles. The van der Waals surface area contributed by atoms with E-state index in [0.717, 1.165) is 0 Å². The van der Waals surface area contributed by atoms with Crippen LogP contribution >= 0.6 is 0 Å². The molecule has 1 aliphatic heterocycles. The maximum Gasteiger partial charge on any atom is 0.326 e. The van der Waals surface area contributed by atoms with Crippen molar-refractivity contribution in [2.75, 3.05) is 6.54 Å². The summed E-state index contributed by atoms with van der Waals surface area (Å²) in [7, 11) is 0. The number of carboxylic acids is 2. The Kier molecular flexibility index (Phi) is 8.85. The minimum atomic E-state index is -1.58. The third-order valence-corrected chi connectivity index (χ3v) is 4.51. The molecule has 162 valence electrons. The lowest BCUT2D eigenvalue weighted by Gasteiger charge is -2.24. The third kappa shape index (κ3) is 6.32. The van der Waals surface area contributed by atoms with Gasteiger partial charge in [-0.2, -0.15) is 0 Å². The molecule has 1 rings (SSSR count). The highest BCUT2D eigenvalue weighted by Gasteiger charge is 2.49. The average molecular weight is 414 g/mol. The summed E-state index contributed by atoms with van der Waals surface area (Å²) in [6.07, 6.45) is -0.580. The van der Waals surface area contributed by atoms with Crippen LogP contribution in [0.5, 0.6) is 0 Å². The lowest BCUT2D eigenvalue weighted by Crippen LogP contribution is -2.51. The molecule has 0 spiro atoms. The van der Waals surface area contributed by atoms with Crippen LogP contribution in [0.2, 0.25) is 0 Å². The number of ketones is 1. The van der Waals surface area contributed by atoms with Crippen molar-refractivity contribution < 1.29 is 39.0 Å². The molecule has 1 aliphatic rings. The summed E-state index contributed by atoms with van der Waals surface area (Å²) in [4.78, 5) is 72.6. The predicted molar refractivity (Wildman–Crippen MR) is 97.1 cm³/mol. The van der Waals surface area contributed by atoms with Crippen LogP contribution in [0.4, 0.5) is 0 Å². The maximum absolute atomic E-state index is 12.7. The quantitative estimate of drug-likeness (QED) is 0.132. The first-order valence-electron chi connectivity index (χ1n) is 9.11. The van der Waals surface area contributed by atoms with E-state index in [1.165, 1.54) is 6.92 Å². The van der Waals surface area contributed by atoms with Gasteiger partial charge in [0.2, 0.25) is 17.7 Å². The van der Waals surface area contributed by atoms with Crippen molar-refractivity contribution in [3.63, 3.8) is 0 Å². The monoisotopic (exact) mass is 414 g/mol. The Balaban J connectivity index is 3.04. The zero-order valence-electron chi connectivity index (χ0n) is 16.0. The third-order valence-electron chi connectivity index (χ3n) is 4.51. The molecule has 1 heterocycles. The van der Waals surface area contributed by atoms with Gasteiger partial charge < -0.3 is 27.0 Å². The highest BCUT2D eigenvalue weighted by molar-refractivity contribution is 6.17. The van der Waals surface area contributed by atoms with E-state index in [2.05, 4.69) is 5.32 Å². The van der Waals surface area contributed by atoms with Crippen LogP contribution < -0.4 is 16.8 Å². The van der Waals surface area contributed by atoms with Crippen LogP contribution in [0, 0.1) is 5.92 Å². The normalized spacial score (nSPS) is 19.6. The molecule has 0 aromatic carbocycles. The molecule has 0 unspecified atom stereocenters. The fourth-order valence-electron chi connectivity index (χ4n) is 2.99. The molecule has 12 nitrogen and oxygen atoms in total.